The van der Waals surface area contributed by atoms with Crippen LogP contribution in [0.15, 0.2) is 53.4 Å². The molecular formula is C21H26N2O3S. The number of nitrogens with zero attached hydrogens (tertiary/aromatic N) is 1. The molecule has 0 aromatic heterocycles. The fraction of sp³-hybridized carbons (Fsp3) is 0.381. The zero-order chi connectivity index (χ0) is 19.3. The molecule has 1 saturated heterocycles. The van der Waals surface area contributed by atoms with Gasteiger partial charge in [0.25, 0.3) is 5.91 Å². The monoisotopic (exact) mass is 386 g/mol. The van der Waals surface area contributed by atoms with Crippen molar-refractivity contribution >= 4 is 15.9 Å². The third-order valence-corrected chi connectivity index (χ3v) is 6.77. The normalized spacial score (nSPS) is 15.9. The van der Waals surface area contributed by atoms with E-state index >= 15 is 0 Å². The Morgan fingerprint density at radius 3 is 2.30 bits per heavy atom. The summed E-state index contributed by atoms with van der Waals surface area (Å²) in [7, 11) is -3.49. The third kappa shape index (κ3) is 4.96. The second kappa shape index (κ2) is 8.67. The molecule has 6 heteroatoms. The van der Waals surface area contributed by atoms with Gasteiger partial charge in [-0.1, -0.05) is 42.7 Å². The number of aryl methyl sites for hydroxylation is 1. The summed E-state index contributed by atoms with van der Waals surface area (Å²) in [5.41, 5.74) is 2.63. The average molecular weight is 387 g/mol. The number of carbonyl (C=O) groups is 1. The van der Waals surface area contributed by atoms with Crippen molar-refractivity contribution in [2.45, 2.75) is 44.0 Å². The van der Waals surface area contributed by atoms with Crippen molar-refractivity contribution in [3.63, 3.8) is 0 Å². The Balaban J connectivity index is 1.66. The smallest absolute Gasteiger partial charge is 0.251 e. The second-order valence-electron chi connectivity index (χ2n) is 7.01. The number of hydrogen-bond donors (Lipinski definition) is 1. The minimum atomic E-state index is -3.49. The highest BCUT2D eigenvalue weighted by molar-refractivity contribution is 7.89. The minimum Gasteiger partial charge on any atom is -0.348 e. The lowest BCUT2D eigenvalue weighted by atomic mass is 10.1. The van der Waals surface area contributed by atoms with Gasteiger partial charge >= 0.3 is 0 Å². The second-order valence-corrected chi connectivity index (χ2v) is 8.95. The van der Waals surface area contributed by atoms with Gasteiger partial charge in [-0.05, 0) is 49.6 Å². The predicted octanol–water partition coefficient (Wildman–Crippen LogP) is 3.49. The number of nitrogens with one attached hydrogen (secondary N) is 1. The van der Waals surface area contributed by atoms with Gasteiger partial charge in [0.15, 0.2) is 0 Å². The van der Waals surface area contributed by atoms with Crippen molar-refractivity contribution < 1.29 is 13.2 Å². The van der Waals surface area contributed by atoms with E-state index in [1.807, 2.05) is 31.2 Å². The van der Waals surface area contributed by atoms with Crippen LogP contribution in [0.3, 0.4) is 0 Å². The highest BCUT2D eigenvalue weighted by atomic mass is 32.2. The van der Waals surface area contributed by atoms with Gasteiger partial charge in [-0.15, -0.1) is 0 Å². The SMILES string of the molecule is Cc1cccc(CNC(=O)c2ccc(S(=O)(=O)N3CCCCCC3)cc2)c1. The lowest BCUT2D eigenvalue weighted by Gasteiger charge is -2.20. The molecule has 0 spiro atoms. The fourth-order valence-electron chi connectivity index (χ4n) is 3.32. The Labute approximate surface area is 161 Å². The fourth-order valence-corrected chi connectivity index (χ4v) is 4.83. The Morgan fingerprint density at radius 1 is 1.00 bits per heavy atom. The van der Waals surface area contributed by atoms with Gasteiger partial charge in [0.05, 0.1) is 4.90 Å². The van der Waals surface area contributed by atoms with Gasteiger partial charge in [0.2, 0.25) is 10.0 Å². The molecule has 27 heavy (non-hydrogen) atoms. The van der Waals surface area contributed by atoms with E-state index in [4.69, 9.17) is 0 Å². The maximum Gasteiger partial charge on any atom is 0.251 e. The number of amides is 1. The van der Waals surface area contributed by atoms with Gasteiger partial charge in [0.1, 0.15) is 0 Å². The molecule has 1 aliphatic rings. The summed E-state index contributed by atoms with van der Waals surface area (Å²) >= 11 is 0. The lowest BCUT2D eigenvalue weighted by molar-refractivity contribution is 0.0951. The Morgan fingerprint density at radius 2 is 1.67 bits per heavy atom. The van der Waals surface area contributed by atoms with E-state index < -0.39 is 10.0 Å². The van der Waals surface area contributed by atoms with Crippen LogP contribution in [0, 0.1) is 6.92 Å². The molecule has 2 aromatic rings. The van der Waals surface area contributed by atoms with E-state index in [1.165, 1.54) is 12.1 Å². The first kappa shape index (κ1) is 19.6. The molecule has 1 aliphatic heterocycles. The Hall–Kier alpha value is -2.18. The van der Waals surface area contributed by atoms with Crippen LogP contribution in [-0.4, -0.2) is 31.7 Å². The molecular weight excluding hydrogens is 360 g/mol. The lowest BCUT2D eigenvalue weighted by Crippen LogP contribution is -2.32. The first-order chi connectivity index (χ1) is 13.0. The number of rotatable bonds is 5. The molecule has 2 aromatic carbocycles. The molecule has 0 aliphatic carbocycles. The topological polar surface area (TPSA) is 66.5 Å². The Bertz CT molecular complexity index is 884. The van der Waals surface area contributed by atoms with E-state index in [0.717, 1.165) is 36.8 Å². The highest BCUT2D eigenvalue weighted by Crippen LogP contribution is 2.20. The molecule has 1 amide bonds. The van der Waals surface area contributed by atoms with Crippen molar-refractivity contribution in [2.24, 2.45) is 0 Å². The molecule has 0 radical (unpaired) electrons. The third-order valence-electron chi connectivity index (χ3n) is 4.85. The molecule has 0 unspecified atom stereocenters. The number of benzene rings is 2. The van der Waals surface area contributed by atoms with Gasteiger partial charge < -0.3 is 5.32 Å². The summed E-state index contributed by atoms with van der Waals surface area (Å²) < 4.78 is 27.1. The maximum atomic E-state index is 12.8. The first-order valence-corrected chi connectivity index (χ1v) is 10.8. The van der Waals surface area contributed by atoms with Crippen LogP contribution in [0.5, 0.6) is 0 Å². The van der Waals surface area contributed by atoms with Crippen molar-refractivity contribution in [1.82, 2.24) is 9.62 Å². The van der Waals surface area contributed by atoms with Crippen LogP contribution in [-0.2, 0) is 16.6 Å². The van der Waals surface area contributed by atoms with E-state index in [2.05, 4.69) is 5.32 Å². The first-order valence-electron chi connectivity index (χ1n) is 9.41. The summed E-state index contributed by atoms with van der Waals surface area (Å²) in [5, 5.41) is 2.87. The van der Waals surface area contributed by atoms with Crippen LogP contribution in [0.2, 0.25) is 0 Å². The number of sulfonamides is 1. The predicted molar refractivity (Wildman–Crippen MR) is 106 cm³/mol. The van der Waals surface area contributed by atoms with Gasteiger partial charge in [0, 0.05) is 25.2 Å². The maximum absolute atomic E-state index is 12.8. The molecule has 144 valence electrons. The zero-order valence-electron chi connectivity index (χ0n) is 15.6. The van der Waals surface area contributed by atoms with Crippen LogP contribution in [0.25, 0.3) is 0 Å². The van der Waals surface area contributed by atoms with Crippen molar-refractivity contribution in [1.29, 1.82) is 0 Å². The summed E-state index contributed by atoms with van der Waals surface area (Å²) in [6.45, 7) is 3.59. The van der Waals surface area contributed by atoms with E-state index in [1.54, 1.807) is 16.4 Å². The van der Waals surface area contributed by atoms with Crippen LogP contribution in [0.1, 0.15) is 47.2 Å². The zero-order valence-corrected chi connectivity index (χ0v) is 16.5. The summed E-state index contributed by atoms with van der Waals surface area (Å²) in [4.78, 5) is 12.6. The Kier molecular flexibility index (Phi) is 6.29. The van der Waals surface area contributed by atoms with Crippen molar-refractivity contribution in [3.05, 3.63) is 65.2 Å². The van der Waals surface area contributed by atoms with Crippen molar-refractivity contribution in [2.75, 3.05) is 13.1 Å². The molecule has 1 N–H and O–H groups in total. The van der Waals surface area contributed by atoms with Gasteiger partial charge in [-0.25, -0.2) is 8.42 Å². The van der Waals surface area contributed by atoms with Gasteiger partial charge in [-0.3, -0.25) is 4.79 Å². The molecule has 0 bridgehead atoms. The molecule has 3 rings (SSSR count). The van der Waals surface area contributed by atoms with Crippen LogP contribution < -0.4 is 5.32 Å². The van der Waals surface area contributed by atoms with Crippen LogP contribution in [0.4, 0.5) is 0 Å². The molecule has 5 nitrogen and oxygen atoms in total. The quantitative estimate of drug-likeness (QED) is 0.855. The largest absolute Gasteiger partial charge is 0.348 e. The summed E-state index contributed by atoms with van der Waals surface area (Å²) in [6, 6.07) is 14.2. The average Bonchev–Trinajstić information content (AvgIpc) is 2.96. The minimum absolute atomic E-state index is 0.213. The van der Waals surface area contributed by atoms with E-state index in [0.29, 0.717) is 25.2 Å². The molecule has 1 heterocycles. The highest BCUT2D eigenvalue weighted by Gasteiger charge is 2.25. The van der Waals surface area contributed by atoms with E-state index in [-0.39, 0.29) is 10.8 Å². The van der Waals surface area contributed by atoms with Crippen LogP contribution >= 0.6 is 0 Å². The van der Waals surface area contributed by atoms with E-state index in [9.17, 15) is 13.2 Å². The van der Waals surface area contributed by atoms with Gasteiger partial charge in [-0.2, -0.15) is 4.31 Å². The van der Waals surface area contributed by atoms with Crippen molar-refractivity contribution in [3.8, 4) is 0 Å². The molecule has 0 atom stereocenters. The standard InChI is InChI=1S/C21H26N2O3S/c1-17-7-6-8-18(15-17)16-22-21(24)19-9-11-20(12-10-19)27(25,26)23-13-4-2-3-5-14-23/h6-12,15H,2-5,13-14,16H2,1H3,(H,22,24). The molecule has 0 saturated carbocycles. The number of carbonyl (C=O) groups excluding carboxylic acids is 1. The number of hydrogen-bond acceptors (Lipinski definition) is 3. The summed E-state index contributed by atoms with van der Waals surface area (Å²) in [6.07, 6.45) is 3.95. The molecule has 1 fully saturated rings. The summed E-state index contributed by atoms with van der Waals surface area (Å²) in [5.74, 6) is -0.213.